The van der Waals surface area contributed by atoms with Crippen molar-refractivity contribution in [3.8, 4) is 5.75 Å². The summed E-state index contributed by atoms with van der Waals surface area (Å²) in [7, 11) is 0. The maximum atomic E-state index is 12.2. The number of carbonyl (C=O) groups is 1. The molecule has 0 aliphatic heterocycles. The average molecular weight is 288 g/mol. The highest BCUT2D eigenvalue weighted by Crippen LogP contribution is 2.22. The summed E-state index contributed by atoms with van der Waals surface area (Å²) in [4.78, 5) is 12.2. The second kappa shape index (κ2) is 6.72. The molecule has 0 saturated carbocycles. The maximum absolute atomic E-state index is 12.2. The number of hydrogen-bond acceptors (Lipinski definition) is 2. The van der Waals surface area contributed by atoms with Gasteiger partial charge in [-0.15, -0.1) is 0 Å². The lowest BCUT2D eigenvalue weighted by Crippen LogP contribution is -2.09. The molecule has 2 heteroatoms. The molecule has 0 saturated heterocycles. The highest BCUT2D eigenvalue weighted by Gasteiger charge is 2.11. The van der Waals surface area contributed by atoms with Crippen molar-refractivity contribution in [2.45, 2.75) is 6.42 Å². The molecular weight excluding hydrogens is 272 g/mol. The lowest BCUT2D eigenvalue weighted by Gasteiger charge is -2.10. The van der Waals surface area contributed by atoms with Gasteiger partial charge in [-0.2, -0.15) is 0 Å². The number of para-hydroxylation sites is 1. The number of carbonyl (C=O) groups excluding carboxylic acids is 1. The zero-order valence-corrected chi connectivity index (χ0v) is 12.1. The van der Waals surface area contributed by atoms with Gasteiger partial charge in [0.2, 0.25) is 0 Å². The molecule has 0 bridgehead atoms. The standard InChI is InChI=1S/C20H16O2/c21-20(17-11-5-2-6-12-17)22-19-14-8-7-13-18(19)15-16-9-3-1-4-10-16/h1-14H,15H2. The number of rotatable bonds is 4. The Labute approximate surface area is 130 Å². The van der Waals surface area contributed by atoms with E-state index >= 15 is 0 Å². The fourth-order valence-corrected chi connectivity index (χ4v) is 2.30. The molecule has 0 radical (unpaired) electrons. The van der Waals surface area contributed by atoms with Crippen LogP contribution in [0.15, 0.2) is 84.9 Å². The smallest absolute Gasteiger partial charge is 0.343 e. The molecule has 0 fully saturated rings. The van der Waals surface area contributed by atoms with Crippen LogP contribution in [-0.2, 0) is 6.42 Å². The predicted octanol–water partition coefficient (Wildman–Crippen LogP) is 4.50. The number of hydrogen-bond donors (Lipinski definition) is 0. The first-order chi connectivity index (χ1) is 10.8. The van der Waals surface area contributed by atoms with Crippen molar-refractivity contribution in [1.29, 1.82) is 0 Å². The Morgan fingerprint density at radius 1 is 0.727 bits per heavy atom. The summed E-state index contributed by atoms with van der Waals surface area (Å²) < 4.78 is 5.56. The number of ether oxygens (including phenoxy) is 1. The summed E-state index contributed by atoms with van der Waals surface area (Å²) in [5.41, 5.74) is 2.74. The zero-order chi connectivity index (χ0) is 15.2. The van der Waals surface area contributed by atoms with Crippen LogP contribution in [-0.4, -0.2) is 5.97 Å². The minimum Gasteiger partial charge on any atom is -0.423 e. The predicted molar refractivity (Wildman–Crippen MR) is 87.1 cm³/mol. The number of esters is 1. The SMILES string of the molecule is O=C(Oc1ccccc1Cc1ccccc1)c1ccccc1. The molecule has 3 rings (SSSR count). The van der Waals surface area contributed by atoms with E-state index in [9.17, 15) is 4.79 Å². The maximum Gasteiger partial charge on any atom is 0.343 e. The Kier molecular flexibility index (Phi) is 4.30. The molecule has 0 aromatic heterocycles. The number of benzene rings is 3. The second-order valence-corrected chi connectivity index (χ2v) is 5.03. The molecule has 0 amide bonds. The van der Waals surface area contributed by atoms with Gasteiger partial charge in [-0.1, -0.05) is 66.7 Å². The molecule has 108 valence electrons. The van der Waals surface area contributed by atoms with Gasteiger partial charge < -0.3 is 4.74 Å². The summed E-state index contributed by atoms with van der Waals surface area (Å²) in [6.45, 7) is 0. The van der Waals surface area contributed by atoms with Crippen LogP contribution in [0.25, 0.3) is 0 Å². The molecular formula is C20H16O2. The fraction of sp³-hybridized carbons (Fsp3) is 0.0500. The highest BCUT2D eigenvalue weighted by molar-refractivity contribution is 5.91. The molecule has 0 N–H and O–H groups in total. The van der Waals surface area contributed by atoms with Gasteiger partial charge in [0, 0.05) is 6.42 Å². The second-order valence-electron chi connectivity index (χ2n) is 5.03. The lowest BCUT2D eigenvalue weighted by molar-refractivity contribution is 0.0733. The van der Waals surface area contributed by atoms with Crippen LogP contribution in [0.2, 0.25) is 0 Å². The lowest BCUT2D eigenvalue weighted by atomic mass is 10.0. The first-order valence-corrected chi connectivity index (χ1v) is 7.22. The average Bonchev–Trinajstić information content (AvgIpc) is 2.58. The summed E-state index contributed by atoms with van der Waals surface area (Å²) in [6, 6.07) is 26.8. The molecule has 0 heterocycles. The fourth-order valence-electron chi connectivity index (χ4n) is 2.30. The molecule has 3 aromatic carbocycles. The van der Waals surface area contributed by atoms with E-state index in [1.807, 2.05) is 60.7 Å². The van der Waals surface area contributed by atoms with E-state index in [4.69, 9.17) is 4.74 Å². The van der Waals surface area contributed by atoms with Crippen molar-refractivity contribution >= 4 is 5.97 Å². The molecule has 0 spiro atoms. The third kappa shape index (κ3) is 3.41. The quantitative estimate of drug-likeness (QED) is 0.522. The van der Waals surface area contributed by atoms with Crippen LogP contribution in [0.4, 0.5) is 0 Å². The van der Waals surface area contributed by atoms with Gasteiger partial charge in [-0.05, 0) is 29.3 Å². The van der Waals surface area contributed by atoms with Crippen molar-refractivity contribution in [3.63, 3.8) is 0 Å². The van der Waals surface area contributed by atoms with Crippen LogP contribution < -0.4 is 4.74 Å². The molecule has 2 nitrogen and oxygen atoms in total. The third-order valence-corrected chi connectivity index (χ3v) is 3.42. The van der Waals surface area contributed by atoms with Crippen LogP contribution in [0.1, 0.15) is 21.5 Å². The van der Waals surface area contributed by atoms with E-state index in [-0.39, 0.29) is 5.97 Å². The van der Waals surface area contributed by atoms with E-state index < -0.39 is 0 Å². The minimum atomic E-state index is -0.332. The zero-order valence-electron chi connectivity index (χ0n) is 12.1. The van der Waals surface area contributed by atoms with Crippen molar-refractivity contribution in [2.75, 3.05) is 0 Å². The van der Waals surface area contributed by atoms with Crippen LogP contribution in [0.5, 0.6) is 5.75 Å². The van der Waals surface area contributed by atoms with Crippen molar-refractivity contribution in [1.82, 2.24) is 0 Å². The first kappa shape index (κ1) is 14.1. The van der Waals surface area contributed by atoms with Gasteiger partial charge in [-0.3, -0.25) is 0 Å². The van der Waals surface area contributed by atoms with Gasteiger partial charge in [0.25, 0.3) is 0 Å². The Morgan fingerprint density at radius 3 is 2.05 bits per heavy atom. The summed E-state index contributed by atoms with van der Waals surface area (Å²) in [5, 5.41) is 0. The van der Waals surface area contributed by atoms with E-state index in [2.05, 4.69) is 12.1 Å². The Bertz CT molecular complexity index is 749. The molecule has 0 aliphatic rings. The van der Waals surface area contributed by atoms with Crippen molar-refractivity contribution in [3.05, 3.63) is 102 Å². The van der Waals surface area contributed by atoms with Gasteiger partial charge in [0.1, 0.15) is 5.75 Å². The van der Waals surface area contributed by atoms with E-state index in [0.717, 1.165) is 12.0 Å². The normalized spacial score (nSPS) is 10.2. The monoisotopic (exact) mass is 288 g/mol. The highest BCUT2D eigenvalue weighted by atomic mass is 16.5. The van der Waals surface area contributed by atoms with Crippen LogP contribution >= 0.6 is 0 Å². The van der Waals surface area contributed by atoms with Gasteiger partial charge >= 0.3 is 5.97 Å². The third-order valence-electron chi connectivity index (χ3n) is 3.42. The molecule has 22 heavy (non-hydrogen) atoms. The topological polar surface area (TPSA) is 26.3 Å². The molecule has 0 unspecified atom stereocenters. The van der Waals surface area contributed by atoms with E-state index in [0.29, 0.717) is 11.3 Å². The molecule has 0 aliphatic carbocycles. The van der Waals surface area contributed by atoms with Gasteiger partial charge in [-0.25, -0.2) is 4.79 Å². The van der Waals surface area contributed by atoms with Gasteiger partial charge in [0.05, 0.1) is 5.56 Å². The first-order valence-electron chi connectivity index (χ1n) is 7.22. The van der Waals surface area contributed by atoms with E-state index in [1.165, 1.54) is 5.56 Å². The molecule has 0 atom stereocenters. The minimum absolute atomic E-state index is 0.332. The summed E-state index contributed by atoms with van der Waals surface area (Å²) >= 11 is 0. The summed E-state index contributed by atoms with van der Waals surface area (Å²) in [6.07, 6.45) is 0.735. The van der Waals surface area contributed by atoms with Crippen LogP contribution in [0.3, 0.4) is 0 Å². The molecule has 3 aromatic rings. The Balaban J connectivity index is 1.81. The van der Waals surface area contributed by atoms with Crippen molar-refractivity contribution in [2.24, 2.45) is 0 Å². The van der Waals surface area contributed by atoms with Gasteiger partial charge in [0.15, 0.2) is 0 Å². The van der Waals surface area contributed by atoms with Crippen LogP contribution in [0, 0.1) is 0 Å². The summed E-state index contributed by atoms with van der Waals surface area (Å²) in [5.74, 6) is 0.279. The Morgan fingerprint density at radius 2 is 1.32 bits per heavy atom. The largest absolute Gasteiger partial charge is 0.423 e. The Hall–Kier alpha value is -2.87. The van der Waals surface area contributed by atoms with Crippen molar-refractivity contribution < 1.29 is 9.53 Å². The van der Waals surface area contributed by atoms with E-state index in [1.54, 1.807) is 12.1 Å².